The zero-order valence-corrected chi connectivity index (χ0v) is 13.9. The molecule has 0 heterocycles. The van der Waals surface area contributed by atoms with Gasteiger partial charge in [0.15, 0.2) is 6.61 Å². The van der Waals surface area contributed by atoms with Crippen molar-refractivity contribution in [3.05, 3.63) is 29.8 Å². The van der Waals surface area contributed by atoms with Gasteiger partial charge in [0.1, 0.15) is 6.04 Å². The minimum absolute atomic E-state index is 0.286. The van der Waals surface area contributed by atoms with Crippen molar-refractivity contribution < 1.29 is 19.1 Å². The molecule has 0 bridgehead atoms. The van der Waals surface area contributed by atoms with Gasteiger partial charge in [-0.05, 0) is 38.1 Å². The van der Waals surface area contributed by atoms with Crippen molar-refractivity contribution in [3.63, 3.8) is 0 Å². The van der Waals surface area contributed by atoms with Gasteiger partial charge in [-0.1, -0.05) is 0 Å². The molecule has 1 rings (SSSR count). The Morgan fingerprint density at radius 3 is 2.30 bits per heavy atom. The summed E-state index contributed by atoms with van der Waals surface area (Å²) in [5, 5.41) is 5.05. The molecule has 0 saturated carbocycles. The summed E-state index contributed by atoms with van der Waals surface area (Å²) in [7, 11) is 3.79. The predicted octanol–water partition coefficient (Wildman–Crippen LogP) is 0.550. The molecule has 0 spiro atoms. The molecule has 1 aromatic rings. The largest absolute Gasteiger partial charge is 0.452 e. The number of likely N-dealkylation sites (N-methyl/N-ethyl adjacent to an activating group) is 1. The first kappa shape index (κ1) is 18.5. The lowest BCUT2D eigenvalue weighted by Gasteiger charge is -2.14. The SMILES string of the molecule is CCNC(=O)[C@@H](C)NC(=O)COC(=O)c1ccc(N(C)C)cc1. The fraction of sp³-hybridized carbons (Fsp3) is 0.438. The number of ether oxygens (including phenoxy) is 1. The zero-order chi connectivity index (χ0) is 17.4. The molecule has 0 aliphatic heterocycles. The standard InChI is InChI=1S/C16H23N3O4/c1-5-17-15(21)11(2)18-14(20)10-23-16(22)12-6-8-13(9-7-12)19(3)4/h6-9,11H,5,10H2,1-4H3,(H,17,21)(H,18,20)/t11-/m1/s1. The maximum Gasteiger partial charge on any atom is 0.338 e. The highest BCUT2D eigenvalue weighted by atomic mass is 16.5. The lowest BCUT2D eigenvalue weighted by molar-refractivity contribution is -0.130. The van der Waals surface area contributed by atoms with Gasteiger partial charge in [-0.3, -0.25) is 9.59 Å². The molecule has 126 valence electrons. The second kappa shape index (κ2) is 8.77. The molecule has 23 heavy (non-hydrogen) atoms. The second-order valence-corrected chi connectivity index (χ2v) is 5.20. The third kappa shape index (κ3) is 5.98. The third-order valence-electron chi connectivity index (χ3n) is 3.08. The summed E-state index contributed by atoms with van der Waals surface area (Å²) in [5.74, 6) is -1.40. The number of rotatable bonds is 7. The summed E-state index contributed by atoms with van der Waals surface area (Å²) in [5.41, 5.74) is 1.32. The maximum absolute atomic E-state index is 11.9. The van der Waals surface area contributed by atoms with Gasteiger partial charge in [0.25, 0.3) is 5.91 Å². The quantitative estimate of drug-likeness (QED) is 0.716. The first-order valence-corrected chi connectivity index (χ1v) is 7.36. The highest BCUT2D eigenvalue weighted by Gasteiger charge is 2.16. The molecular weight excluding hydrogens is 298 g/mol. The summed E-state index contributed by atoms with van der Waals surface area (Å²) < 4.78 is 4.93. The van der Waals surface area contributed by atoms with E-state index < -0.39 is 24.5 Å². The molecule has 0 aliphatic rings. The van der Waals surface area contributed by atoms with E-state index in [4.69, 9.17) is 4.74 Å². The molecule has 0 fully saturated rings. The van der Waals surface area contributed by atoms with E-state index in [0.717, 1.165) is 5.69 Å². The Morgan fingerprint density at radius 1 is 1.17 bits per heavy atom. The van der Waals surface area contributed by atoms with Crippen molar-refractivity contribution in [2.75, 3.05) is 32.1 Å². The summed E-state index contributed by atoms with van der Waals surface area (Å²) >= 11 is 0. The van der Waals surface area contributed by atoms with Crippen LogP contribution in [0.25, 0.3) is 0 Å². The van der Waals surface area contributed by atoms with Crippen LogP contribution in [0.1, 0.15) is 24.2 Å². The van der Waals surface area contributed by atoms with E-state index in [-0.39, 0.29) is 5.91 Å². The second-order valence-electron chi connectivity index (χ2n) is 5.20. The first-order valence-electron chi connectivity index (χ1n) is 7.36. The fourth-order valence-corrected chi connectivity index (χ4v) is 1.79. The molecule has 0 saturated heterocycles. The number of nitrogens with one attached hydrogen (secondary N) is 2. The monoisotopic (exact) mass is 321 g/mol. The number of carbonyl (C=O) groups is 3. The number of nitrogens with zero attached hydrogens (tertiary/aromatic N) is 1. The van der Waals surface area contributed by atoms with Gasteiger partial charge in [-0.15, -0.1) is 0 Å². The predicted molar refractivity (Wildman–Crippen MR) is 87.3 cm³/mol. The van der Waals surface area contributed by atoms with Crippen molar-refractivity contribution in [1.29, 1.82) is 0 Å². The Hall–Kier alpha value is -2.57. The number of carbonyl (C=O) groups excluding carboxylic acids is 3. The van der Waals surface area contributed by atoms with Gasteiger partial charge in [0.05, 0.1) is 5.56 Å². The van der Waals surface area contributed by atoms with Crippen molar-refractivity contribution in [3.8, 4) is 0 Å². The molecule has 7 heteroatoms. The van der Waals surface area contributed by atoms with Crippen LogP contribution >= 0.6 is 0 Å². The van der Waals surface area contributed by atoms with E-state index in [2.05, 4.69) is 10.6 Å². The zero-order valence-electron chi connectivity index (χ0n) is 13.9. The molecule has 1 aromatic carbocycles. The molecule has 2 N–H and O–H groups in total. The van der Waals surface area contributed by atoms with Crippen LogP contribution in [0.15, 0.2) is 24.3 Å². The normalized spacial score (nSPS) is 11.3. The van der Waals surface area contributed by atoms with Gasteiger partial charge >= 0.3 is 5.97 Å². The summed E-state index contributed by atoms with van der Waals surface area (Å²) in [6.07, 6.45) is 0. The Labute approximate surface area is 136 Å². The van der Waals surface area contributed by atoms with Crippen molar-refractivity contribution in [2.24, 2.45) is 0 Å². The molecular formula is C16H23N3O4. The highest BCUT2D eigenvalue weighted by Crippen LogP contribution is 2.12. The summed E-state index contributed by atoms with van der Waals surface area (Å²) in [6.45, 7) is 3.40. The van der Waals surface area contributed by atoms with Crippen LogP contribution in [-0.4, -0.2) is 51.1 Å². The Morgan fingerprint density at radius 2 is 1.78 bits per heavy atom. The van der Waals surface area contributed by atoms with Crippen LogP contribution < -0.4 is 15.5 Å². The van der Waals surface area contributed by atoms with E-state index in [9.17, 15) is 14.4 Å². The average molecular weight is 321 g/mol. The molecule has 7 nitrogen and oxygen atoms in total. The highest BCUT2D eigenvalue weighted by molar-refractivity contribution is 5.92. The van der Waals surface area contributed by atoms with Gasteiger partial charge in [0, 0.05) is 26.3 Å². The van der Waals surface area contributed by atoms with Crippen molar-refractivity contribution in [2.45, 2.75) is 19.9 Å². The minimum Gasteiger partial charge on any atom is -0.452 e. The lowest BCUT2D eigenvalue weighted by Crippen LogP contribution is -2.46. The van der Waals surface area contributed by atoms with E-state index in [1.54, 1.807) is 38.1 Å². The fourth-order valence-electron chi connectivity index (χ4n) is 1.79. The van der Waals surface area contributed by atoms with Gasteiger partial charge in [-0.25, -0.2) is 4.79 Å². The van der Waals surface area contributed by atoms with Crippen LogP contribution in [0.5, 0.6) is 0 Å². The number of esters is 1. The Kier molecular flexibility index (Phi) is 7.05. The van der Waals surface area contributed by atoms with E-state index in [1.165, 1.54) is 0 Å². The number of hydrogen-bond acceptors (Lipinski definition) is 5. The number of hydrogen-bond donors (Lipinski definition) is 2. The number of anilines is 1. The van der Waals surface area contributed by atoms with Crippen LogP contribution in [0.4, 0.5) is 5.69 Å². The average Bonchev–Trinajstić information content (AvgIpc) is 2.52. The molecule has 0 unspecified atom stereocenters. The molecule has 0 aromatic heterocycles. The molecule has 2 amide bonds. The van der Waals surface area contributed by atoms with Crippen molar-refractivity contribution >= 4 is 23.5 Å². The number of amides is 2. The van der Waals surface area contributed by atoms with Gasteiger partial charge in [0.2, 0.25) is 5.91 Å². The van der Waals surface area contributed by atoms with Gasteiger partial charge < -0.3 is 20.3 Å². The number of benzene rings is 1. The van der Waals surface area contributed by atoms with Crippen LogP contribution in [0.2, 0.25) is 0 Å². The topological polar surface area (TPSA) is 87.7 Å². The van der Waals surface area contributed by atoms with E-state index in [0.29, 0.717) is 12.1 Å². The van der Waals surface area contributed by atoms with Crippen molar-refractivity contribution in [1.82, 2.24) is 10.6 Å². The first-order chi connectivity index (χ1) is 10.8. The maximum atomic E-state index is 11.9. The summed E-state index contributed by atoms with van der Waals surface area (Å²) in [4.78, 5) is 36.9. The molecule has 1 atom stereocenters. The Balaban J connectivity index is 2.46. The smallest absolute Gasteiger partial charge is 0.338 e. The Bertz CT molecular complexity index is 555. The third-order valence-corrected chi connectivity index (χ3v) is 3.08. The van der Waals surface area contributed by atoms with Crippen LogP contribution in [-0.2, 0) is 14.3 Å². The summed E-state index contributed by atoms with van der Waals surface area (Å²) in [6, 6.07) is 6.15. The minimum atomic E-state index is -0.680. The molecule has 0 radical (unpaired) electrons. The van der Waals surface area contributed by atoms with Gasteiger partial charge in [-0.2, -0.15) is 0 Å². The van der Waals surface area contributed by atoms with E-state index in [1.807, 2.05) is 19.0 Å². The van der Waals surface area contributed by atoms with Crippen LogP contribution in [0, 0.1) is 0 Å². The molecule has 0 aliphatic carbocycles. The lowest BCUT2D eigenvalue weighted by atomic mass is 10.2. The van der Waals surface area contributed by atoms with Crippen LogP contribution in [0.3, 0.4) is 0 Å². The van der Waals surface area contributed by atoms with E-state index >= 15 is 0 Å².